The van der Waals surface area contributed by atoms with E-state index in [2.05, 4.69) is 29.2 Å². The number of carboxylic acid groups (broad SMARTS) is 1. The fourth-order valence-corrected chi connectivity index (χ4v) is 2.23. The van der Waals surface area contributed by atoms with Crippen LogP contribution in [0.3, 0.4) is 0 Å². The lowest BCUT2D eigenvalue weighted by molar-refractivity contribution is 0.203. The van der Waals surface area contributed by atoms with Gasteiger partial charge in [0.25, 0.3) is 0 Å². The van der Waals surface area contributed by atoms with Gasteiger partial charge in [-0.15, -0.1) is 0 Å². The van der Waals surface area contributed by atoms with Gasteiger partial charge >= 0.3 is 6.09 Å². The Kier molecular flexibility index (Phi) is 4.17. The average molecular weight is 284 g/mol. The van der Waals surface area contributed by atoms with Crippen LogP contribution in [0.15, 0.2) is 42.5 Å². The fraction of sp³-hybridized carbons (Fsp3) is 0.235. The molecule has 0 fully saturated rings. The molecule has 2 aromatic rings. The average Bonchev–Trinajstić information content (AvgIpc) is 2.46. The highest BCUT2D eigenvalue weighted by molar-refractivity contribution is 5.86. The number of carbonyl (C=O) groups is 1. The molecule has 0 radical (unpaired) electrons. The Morgan fingerprint density at radius 1 is 0.952 bits per heavy atom. The van der Waals surface area contributed by atoms with Gasteiger partial charge in [-0.05, 0) is 47.9 Å². The molecule has 0 aliphatic carbocycles. The molecule has 0 aromatic heterocycles. The maximum atomic E-state index is 11.0. The van der Waals surface area contributed by atoms with Crippen molar-refractivity contribution >= 4 is 17.5 Å². The molecule has 110 valence electrons. The van der Waals surface area contributed by atoms with Crippen LogP contribution in [-0.4, -0.2) is 32.3 Å². The van der Waals surface area contributed by atoms with E-state index < -0.39 is 6.09 Å². The molecule has 0 aliphatic heterocycles. The molecule has 4 nitrogen and oxygen atoms in total. The summed E-state index contributed by atoms with van der Waals surface area (Å²) in [5.74, 6) is 0. The van der Waals surface area contributed by atoms with E-state index in [-0.39, 0.29) is 0 Å². The summed E-state index contributed by atoms with van der Waals surface area (Å²) >= 11 is 0. The molecule has 0 heterocycles. The Labute approximate surface area is 125 Å². The van der Waals surface area contributed by atoms with E-state index in [1.807, 2.05) is 39.2 Å². The van der Waals surface area contributed by atoms with Gasteiger partial charge in [0.1, 0.15) is 0 Å². The third kappa shape index (κ3) is 3.16. The molecule has 21 heavy (non-hydrogen) atoms. The zero-order chi connectivity index (χ0) is 15.6. The summed E-state index contributed by atoms with van der Waals surface area (Å²) in [6.45, 7) is 1.99. The van der Waals surface area contributed by atoms with Crippen LogP contribution in [-0.2, 0) is 0 Å². The molecule has 0 saturated heterocycles. The molecule has 0 spiro atoms. The molecule has 2 aromatic carbocycles. The third-order valence-corrected chi connectivity index (χ3v) is 3.58. The van der Waals surface area contributed by atoms with Crippen molar-refractivity contribution in [3.8, 4) is 11.1 Å². The Morgan fingerprint density at radius 3 is 2.00 bits per heavy atom. The zero-order valence-corrected chi connectivity index (χ0v) is 12.8. The summed E-state index contributed by atoms with van der Waals surface area (Å²) in [6.07, 6.45) is -0.961. The van der Waals surface area contributed by atoms with Gasteiger partial charge in [-0.1, -0.05) is 18.2 Å². The van der Waals surface area contributed by atoms with Crippen molar-refractivity contribution in [3.05, 3.63) is 48.0 Å². The third-order valence-electron chi connectivity index (χ3n) is 3.58. The van der Waals surface area contributed by atoms with E-state index in [1.165, 1.54) is 4.90 Å². The predicted octanol–water partition coefficient (Wildman–Crippen LogP) is 3.84. The van der Waals surface area contributed by atoms with Crippen LogP contribution < -0.4 is 9.80 Å². The minimum atomic E-state index is -0.961. The molecule has 0 unspecified atom stereocenters. The topological polar surface area (TPSA) is 43.8 Å². The van der Waals surface area contributed by atoms with Crippen molar-refractivity contribution < 1.29 is 9.90 Å². The number of aryl methyl sites for hydroxylation is 1. The first-order valence-corrected chi connectivity index (χ1v) is 6.75. The summed E-state index contributed by atoms with van der Waals surface area (Å²) in [6, 6.07) is 14.0. The minimum absolute atomic E-state index is 0.675. The second-order valence-electron chi connectivity index (χ2n) is 5.28. The van der Waals surface area contributed by atoms with Crippen molar-refractivity contribution in [1.29, 1.82) is 0 Å². The zero-order valence-electron chi connectivity index (χ0n) is 12.8. The van der Waals surface area contributed by atoms with Crippen LogP contribution in [0.25, 0.3) is 11.1 Å². The quantitative estimate of drug-likeness (QED) is 0.931. The summed E-state index contributed by atoms with van der Waals surface area (Å²) in [5, 5.41) is 9.02. The smallest absolute Gasteiger partial charge is 0.411 e. The lowest BCUT2D eigenvalue weighted by Gasteiger charge is -2.16. The van der Waals surface area contributed by atoms with Gasteiger partial charge in [0.05, 0.1) is 0 Å². The van der Waals surface area contributed by atoms with Crippen molar-refractivity contribution in [1.82, 2.24) is 0 Å². The lowest BCUT2D eigenvalue weighted by atomic mass is 9.99. The summed E-state index contributed by atoms with van der Waals surface area (Å²) in [7, 11) is 5.57. The van der Waals surface area contributed by atoms with Gasteiger partial charge in [-0.2, -0.15) is 0 Å². The molecule has 1 amide bonds. The Morgan fingerprint density at radius 2 is 1.52 bits per heavy atom. The van der Waals surface area contributed by atoms with E-state index in [1.54, 1.807) is 7.05 Å². The summed E-state index contributed by atoms with van der Waals surface area (Å²) in [4.78, 5) is 14.3. The molecule has 0 saturated carbocycles. The largest absolute Gasteiger partial charge is 0.465 e. The van der Waals surface area contributed by atoms with E-state index in [9.17, 15) is 4.79 Å². The number of hydrogen-bond acceptors (Lipinski definition) is 2. The molecule has 1 N–H and O–H groups in total. The highest BCUT2D eigenvalue weighted by Gasteiger charge is 2.10. The first-order chi connectivity index (χ1) is 9.90. The van der Waals surface area contributed by atoms with Gasteiger partial charge in [0, 0.05) is 32.5 Å². The van der Waals surface area contributed by atoms with Crippen LogP contribution in [0.5, 0.6) is 0 Å². The van der Waals surface area contributed by atoms with Crippen LogP contribution in [0.4, 0.5) is 16.2 Å². The van der Waals surface area contributed by atoms with E-state index in [0.29, 0.717) is 5.69 Å². The lowest BCUT2D eigenvalue weighted by Crippen LogP contribution is -2.23. The first-order valence-electron chi connectivity index (χ1n) is 6.75. The van der Waals surface area contributed by atoms with Gasteiger partial charge in [-0.25, -0.2) is 4.79 Å². The minimum Gasteiger partial charge on any atom is -0.465 e. The molecule has 4 heteroatoms. The molecular formula is C17H20N2O2. The number of anilines is 2. The van der Waals surface area contributed by atoms with Crippen LogP contribution in [0.2, 0.25) is 0 Å². The number of rotatable bonds is 3. The van der Waals surface area contributed by atoms with Crippen molar-refractivity contribution in [2.45, 2.75) is 6.92 Å². The monoisotopic (exact) mass is 284 g/mol. The maximum Gasteiger partial charge on any atom is 0.411 e. The number of hydrogen-bond donors (Lipinski definition) is 1. The van der Waals surface area contributed by atoms with Gasteiger partial charge in [-0.3, -0.25) is 4.90 Å². The molecule has 0 atom stereocenters. The fourth-order valence-electron chi connectivity index (χ4n) is 2.23. The predicted molar refractivity (Wildman–Crippen MR) is 87.4 cm³/mol. The van der Waals surface area contributed by atoms with Crippen molar-refractivity contribution in [2.24, 2.45) is 0 Å². The van der Waals surface area contributed by atoms with Gasteiger partial charge in [0.2, 0.25) is 0 Å². The SMILES string of the molecule is Cc1cc(N(C)C(=O)O)ccc1-c1ccc(N(C)C)cc1. The van der Waals surface area contributed by atoms with E-state index in [0.717, 1.165) is 22.4 Å². The second kappa shape index (κ2) is 5.87. The van der Waals surface area contributed by atoms with Crippen LogP contribution in [0.1, 0.15) is 5.56 Å². The van der Waals surface area contributed by atoms with Crippen molar-refractivity contribution in [3.63, 3.8) is 0 Å². The highest BCUT2D eigenvalue weighted by atomic mass is 16.4. The molecule has 0 bridgehead atoms. The maximum absolute atomic E-state index is 11.0. The number of benzene rings is 2. The molecular weight excluding hydrogens is 264 g/mol. The van der Waals surface area contributed by atoms with Gasteiger partial charge in [0.15, 0.2) is 0 Å². The molecule has 0 aliphatic rings. The number of amides is 1. The normalized spacial score (nSPS) is 10.3. The van der Waals surface area contributed by atoms with Gasteiger partial charge < -0.3 is 10.0 Å². The Bertz CT molecular complexity index is 648. The van der Waals surface area contributed by atoms with Crippen LogP contribution in [0, 0.1) is 6.92 Å². The number of nitrogens with zero attached hydrogens (tertiary/aromatic N) is 2. The van der Waals surface area contributed by atoms with E-state index in [4.69, 9.17) is 5.11 Å². The summed E-state index contributed by atoms with van der Waals surface area (Å²) in [5.41, 5.74) is 5.12. The second-order valence-corrected chi connectivity index (χ2v) is 5.28. The Hall–Kier alpha value is -2.49. The Balaban J connectivity index is 2.34. The first kappa shape index (κ1) is 14.9. The highest BCUT2D eigenvalue weighted by Crippen LogP contribution is 2.28. The van der Waals surface area contributed by atoms with Crippen LogP contribution >= 0.6 is 0 Å². The van der Waals surface area contributed by atoms with E-state index >= 15 is 0 Å². The van der Waals surface area contributed by atoms with Crippen molar-refractivity contribution in [2.75, 3.05) is 30.9 Å². The standard InChI is InChI=1S/C17H20N2O2/c1-12-11-15(19(4)17(20)21)9-10-16(12)13-5-7-14(8-6-13)18(2)3/h5-11H,1-4H3,(H,20,21). The summed E-state index contributed by atoms with van der Waals surface area (Å²) < 4.78 is 0. The molecule has 2 rings (SSSR count).